The Hall–Kier alpha value is -3.48. The fourth-order valence-electron chi connectivity index (χ4n) is 2.18. The van der Waals surface area contributed by atoms with Gasteiger partial charge in [-0.3, -0.25) is 19.2 Å². The largest absolute Gasteiger partial charge is 0.481 e. The first-order valence-electron chi connectivity index (χ1n) is 8.16. The number of imidazole rings is 1. The van der Waals surface area contributed by atoms with Crippen LogP contribution in [0, 0.1) is 0 Å². The van der Waals surface area contributed by atoms with Gasteiger partial charge in [0.2, 0.25) is 17.7 Å². The highest BCUT2D eigenvalue weighted by atomic mass is 16.4. The standard InChI is InChI=1S/C15H22N6O7/c16-8(1-2-11(17)22)13(25)20-9(3-7-5-18-6-19-7)14(26)21-10(15(27)28)4-12(23)24/h5-6,8-10H,1-4,16H2,(H2,17,22)(H,18,19)(H,20,25)(H,21,26)(H,23,24)(H,27,28). The summed E-state index contributed by atoms with van der Waals surface area (Å²) in [6, 6.07) is -4.07. The lowest BCUT2D eigenvalue weighted by Gasteiger charge is -2.22. The summed E-state index contributed by atoms with van der Waals surface area (Å²) in [5, 5.41) is 22.2. The van der Waals surface area contributed by atoms with E-state index in [1.54, 1.807) is 0 Å². The third kappa shape index (κ3) is 7.82. The Kier molecular flexibility index (Phi) is 8.55. The normalized spacial score (nSPS) is 13.8. The molecule has 0 fully saturated rings. The summed E-state index contributed by atoms with van der Waals surface area (Å²) in [5.74, 6) is -5.28. The van der Waals surface area contributed by atoms with Crippen LogP contribution in [0.15, 0.2) is 12.5 Å². The summed E-state index contributed by atoms with van der Waals surface area (Å²) >= 11 is 0. The first-order valence-corrected chi connectivity index (χ1v) is 8.16. The fourth-order valence-corrected chi connectivity index (χ4v) is 2.18. The smallest absolute Gasteiger partial charge is 0.326 e. The van der Waals surface area contributed by atoms with E-state index in [1.165, 1.54) is 12.5 Å². The fraction of sp³-hybridized carbons (Fsp3) is 0.467. The van der Waals surface area contributed by atoms with E-state index in [-0.39, 0.29) is 19.3 Å². The molecule has 0 aliphatic heterocycles. The molecule has 13 heteroatoms. The van der Waals surface area contributed by atoms with Crippen LogP contribution in [0.1, 0.15) is 25.0 Å². The Morgan fingerprint density at radius 3 is 2.25 bits per heavy atom. The van der Waals surface area contributed by atoms with Gasteiger partial charge in [0.1, 0.15) is 12.1 Å². The van der Waals surface area contributed by atoms with Crippen LogP contribution in [-0.2, 0) is 30.4 Å². The van der Waals surface area contributed by atoms with Crippen molar-refractivity contribution in [3.63, 3.8) is 0 Å². The highest BCUT2D eigenvalue weighted by Crippen LogP contribution is 2.03. The van der Waals surface area contributed by atoms with Gasteiger partial charge in [-0.1, -0.05) is 0 Å². The Bertz CT molecular complexity index is 720. The second kappa shape index (κ2) is 10.6. The number of carboxylic acids is 2. The molecule has 1 aromatic heterocycles. The van der Waals surface area contributed by atoms with Crippen LogP contribution in [0.3, 0.4) is 0 Å². The summed E-state index contributed by atoms with van der Waals surface area (Å²) in [4.78, 5) is 63.9. The third-order valence-corrected chi connectivity index (χ3v) is 3.64. The van der Waals surface area contributed by atoms with Crippen LogP contribution in [0.25, 0.3) is 0 Å². The molecule has 1 heterocycles. The van der Waals surface area contributed by atoms with Crippen molar-refractivity contribution in [1.82, 2.24) is 20.6 Å². The lowest BCUT2D eigenvalue weighted by molar-refractivity contribution is -0.147. The number of nitrogens with one attached hydrogen (secondary N) is 3. The summed E-state index contributed by atoms with van der Waals surface area (Å²) in [7, 11) is 0. The molecule has 3 amide bonds. The van der Waals surface area contributed by atoms with Gasteiger partial charge in [-0.15, -0.1) is 0 Å². The average molecular weight is 398 g/mol. The van der Waals surface area contributed by atoms with Crippen molar-refractivity contribution in [2.45, 2.75) is 43.8 Å². The molecule has 1 rings (SSSR count). The van der Waals surface area contributed by atoms with Gasteiger partial charge >= 0.3 is 11.9 Å². The van der Waals surface area contributed by atoms with Crippen LogP contribution in [0.2, 0.25) is 0 Å². The molecule has 0 spiro atoms. The SMILES string of the molecule is NC(=O)CCC(N)C(=O)NC(Cc1cnc[nH]1)C(=O)NC(CC(=O)O)C(=O)O. The van der Waals surface area contributed by atoms with E-state index in [0.717, 1.165) is 0 Å². The van der Waals surface area contributed by atoms with E-state index >= 15 is 0 Å². The molecule has 13 nitrogen and oxygen atoms in total. The number of rotatable bonds is 12. The van der Waals surface area contributed by atoms with Crippen LogP contribution in [0.4, 0.5) is 0 Å². The Morgan fingerprint density at radius 1 is 1.11 bits per heavy atom. The van der Waals surface area contributed by atoms with E-state index in [2.05, 4.69) is 20.6 Å². The van der Waals surface area contributed by atoms with Crippen molar-refractivity contribution in [1.29, 1.82) is 0 Å². The molecule has 1 aromatic rings. The highest BCUT2D eigenvalue weighted by molar-refractivity contribution is 5.93. The minimum Gasteiger partial charge on any atom is -0.481 e. The van der Waals surface area contributed by atoms with Crippen molar-refractivity contribution in [2.24, 2.45) is 11.5 Å². The molecule has 28 heavy (non-hydrogen) atoms. The predicted octanol–water partition coefficient (Wildman–Crippen LogP) is -2.93. The molecule has 3 atom stereocenters. The maximum absolute atomic E-state index is 12.5. The molecule has 0 radical (unpaired) electrons. The predicted molar refractivity (Wildman–Crippen MR) is 92.4 cm³/mol. The first kappa shape index (κ1) is 22.6. The number of aliphatic carboxylic acids is 2. The lowest BCUT2D eigenvalue weighted by atomic mass is 10.1. The van der Waals surface area contributed by atoms with E-state index in [1.807, 2.05) is 0 Å². The minimum atomic E-state index is -1.69. The summed E-state index contributed by atoms with van der Waals surface area (Å²) in [6.07, 6.45) is 1.63. The van der Waals surface area contributed by atoms with Gasteiger partial charge in [0.15, 0.2) is 0 Å². The maximum atomic E-state index is 12.5. The second-order valence-corrected chi connectivity index (χ2v) is 5.95. The zero-order valence-corrected chi connectivity index (χ0v) is 14.8. The van der Waals surface area contributed by atoms with Gasteiger partial charge in [-0.05, 0) is 6.42 Å². The average Bonchev–Trinajstić information content (AvgIpc) is 3.10. The van der Waals surface area contributed by atoms with E-state index in [0.29, 0.717) is 5.69 Å². The van der Waals surface area contributed by atoms with Crippen molar-refractivity contribution in [2.75, 3.05) is 0 Å². The topological polar surface area (TPSA) is 231 Å². The molecule has 0 saturated heterocycles. The second-order valence-electron chi connectivity index (χ2n) is 5.95. The number of carbonyl (C=O) groups is 5. The molecule has 0 aliphatic carbocycles. The molecule has 9 N–H and O–H groups in total. The number of carboxylic acid groups (broad SMARTS) is 2. The number of hydrogen-bond donors (Lipinski definition) is 7. The van der Waals surface area contributed by atoms with Gasteiger partial charge in [0.25, 0.3) is 0 Å². The van der Waals surface area contributed by atoms with Crippen molar-refractivity contribution in [3.8, 4) is 0 Å². The van der Waals surface area contributed by atoms with Crippen LogP contribution in [-0.4, -0.2) is 68.0 Å². The Labute approximate surface area is 158 Å². The number of carbonyl (C=O) groups excluding carboxylic acids is 3. The lowest BCUT2D eigenvalue weighted by Crippen LogP contribution is -2.55. The highest BCUT2D eigenvalue weighted by Gasteiger charge is 2.29. The van der Waals surface area contributed by atoms with Gasteiger partial charge in [-0.25, -0.2) is 9.78 Å². The molecule has 0 aliphatic rings. The Balaban J connectivity index is 2.87. The minimum absolute atomic E-state index is 0.0453. The van der Waals surface area contributed by atoms with Gasteiger partial charge < -0.3 is 37.3 Å². The number of nitrogens with two attached hydrogens (primary N) is 2. The summed E-state index contributed by atoms with van der Waals surface area (Å²) in [5.41, 5.74) is 11.1. The zero-order chi connectivity index (χ0) is 21.3. The number of H-pyrrole nitrogens is 1. The van der Waals surface area contributed by atoms with Gasteiger partial charge in [0, 0.05) is 24.7 Å². The van der Waals surface area contributed by atoms with E-state index in [4.69, 9.17) is 21.7 Å². The molecule has 3 unspecified atom stereocenters. The van der Waals surface area contributed by atoms with Crippen molar-refractivity contribution >= 4 is 29.7 Å². The van der Waals surface area contributed by atoms with Gasteiger partial charge in [0.05, 0.1) is 18.8 Å². The summed E-state index contributed by atoms with van der Waals surface area (Å²) in [6.45, 7) is 0. The van der Waals surface area contributed by atoms with Crippen LogP contribution < -0.4 is 22.1 Å². The van der Waals surface area contributed by atoms with Crippen molar-refractivity contribution < 1.29 is 34.2 Å². The first-order chi connectivity index (χ1) is 13.1. The number of hydrogen-bond acceptors (Lipinski definition) is 7. The molecule has 0 saturated carbocycles. The zero-order valence-electron chi connectivity index (χ0n) is 14.8. The van der Waals surface area contributed by atoms with Crippen molar-refractivity contribution in [3.05, 3.63) is 18.2 Å². The quantitative estimate of drug-likeness (QED) is 0.191. The number of aromatic amines is 1. The monoisotopic (exact) mass is 398 g/mol. The Morgan fingerprint density at radius 2 is 1.75 bits per heavy atom. The maximum Gasteiger partial charge on any atom is 0.326 e. The van der Waals surface area contributed by atoms with E-state index in [9.17, 15) is 24.0 Å². The van der Waals surface area contributed by atoms with E-state index < -0.39 is 54.2 Å². The van der Waals surface area contributed by atoms with Crippen LogP contribution >= 0.6 is 0 Å². The molecular formula is C15H22N6O7. The third-order valence-electron chi connectivity index (χ3n) is 3.64. The number of nitrogens with zero attached hydrogens (tertiary/aromatic N) is 1. The molecule has 0 bridgehead atoms. The summed E-state index contributed by atoms with van der Waals surface area (Å²) < 4.78 is 0. The number of amides is 3. The molecule has 0 aromatic carbocycles. The van der Waals surface area contributed by atoms with Gasteiger partial charge in [-0.2, -0.15) is 0 Å². The van der Waals surface area contributed by atoms with Crippen LogP contribution in [0.5, 0.6) is 0 Å². The number of aromatic nitrogens is 2. The number of primary amides is 1. The molecular weight excluding hydrogens is 376 g/mol. The molecule has 154 valence electrons.